The molecule has 0 aliphatic heterocycles. The van der Waals surface area contributed by atoms with E-state index in [-0.39, 0.29) is 10.9 Å². The predicted octanol–water partition coefficient (Wildman–Crippen LogP) is 4.30. The maximum Gasteiger partial charge on any atom is 0.179 e. The van der Waals surface area contributed by atoms with Crippen LogP contribution in [0.4, 0.5) is 10.1 Å². The lowest BCUT2D eigenvalue weighted by molar-refractivity contribution is 0.319. The summed E-state index contributed by atoms with van der Waals surface area (Å²) < 4.78 is 18.8. The van der Waals surface area contributed by atoms with Crippen LogP contribution in [0.3, 0.4) is 0 Å². The highest BCUT2D eigenvalue weighted by atomic mass is 35.5. The summed E-state index contributed by atoms with van der Waals surface area (Å²) in [5.74, 6) is 1.07. The molecule has 0 fully saturated rings. The number of benzene rings is 2. The molecule has 10 heteroatoms. The molecule has 164 valence electrons. The third-order valence-electron chi connectivity index (χ3n) is 4.78. The molecule has 4 rings (SSSR count). The molecule has 32 heavy (non-hydrogen) atoms. The minimum atomic E-state index is -0.537. The van der Waals surface area contributed by atoms with E-state index in [9.17, 15) is 9.60 Å². The number of hydrogen-bond donors (Lipinski definition) is 4. The van der Waals surface area contributed by atoms with Crippen molar-refractivity contribution in [2.45, 2.75) is 13.1 Å². The minimum absolute atomic E-state index is 0.0443. The van der Waals surface area contributed by atoms with Gasteiger partial charge in [0.2, 0.25) is 0 Å². The molecular formula is C22H20ClFN6O2. The Morgan fingerprint density at radius 1 is 1.22 bits per heavy atom. The van der Waals surface area contributed by atoms with E-state index in [0.717, 1.165) is 11.3 Å². The van der Waals surface area contributed by atoms with Crippen LogP contribution in [0.2, 0.25) is 5.02 Å². The van der Waals surface area contributed by atoms with Crippen LogP contribution >= 0.6 is 11.6 Å². The number of fused-ring (bicyclic) bond motifs is 1. The summed E-state index contributed by atoms with van der Waals surface area (Å²) in [7, 11) is 1.64. The number of amidine groups is 1. The van der Waals surface area contributed by atoms with Gasteiger partial charge in [0, 0.05) is 29.6 Å². The van der Waals surface area contributed by atoms with E-state index >= 15 is 0 Å². The first kappa shape index (κ1) is 21.5. The zero-order valence-corrected chi connectivity index (χ0v) is 17.8. The fourth-order valence-electron chi connectivity index (χ4n) is 3.26. The molecule has 4 aromatic rings. The number of para-hydroxylation sites is 1. The molecule has 0 unspecified atom stereocenters. The van der Waals surface area contributed by atoms with Gasteiger partial charge in [-0.05, 0) is 30.3 Å². The third-order valence-corrected chi connectivity index (χ3v) is 5.07. The fourth-order valence-corrected chi connectivity index (χ4v) is 3.44. The van der Waals surface area contributed by atoms with Crippen molar-refractivity contribution in [3.05, 3.63) is 82.5 Å². The van der Waals surface area contributed by atoms with Crippen molar-refractivity contribution >= 4 is 34.3 Å². The summed E-state index contributed by atoms with van der Waals surface area (Å²) in [5.41, 5.74) is 3.10. The summed E-state index contributed by atoms with van der Waals surface area (Å²) in [5, 5.41) is 19.1. The van der Waals surface area contributed by atoms with Crippen molar-refractivity contribution in [3.8, 4) is 5.75 Å². The van der Waals surface area contributed by atoms with Crippen molar-refractivity contribution in [2.24, 2.45) is 5.16 Å². The van der Waals surface area contributed by atoms with Crippen LogP contribution in [-0.4, -0.2) is 33.1 Å². The molecule has 0 saturated heterocycles. The van der Waals surface area contributed by atoms with E-state index in [1.165, 1.54) is 18.2 Å². The van der Waals surface area contributed by atoms with Crippen LogP contribution in [0, 0.1) is 5.82 Å². The average molecular weight is 455 g/mol. The number of ether oxygens (including phenoxy) is 1. The Morgan fingerprint density at radius 2 is 2.06 bits per heavy atom. The van der Waals surface area contributed by atoms with Gasteiger partial charge in [0.1, 0.15) is 17.4 Å². The molecule has 0 saturated carbocycles. The highest BCUT2D eigenvalue weighted by molar-refractivity contribution is 6.31. The van der Waals surface area contributed by atoms with Crippen molar-refractivity contribution in [1.82, 2.24) is 20.3 Å². The Kier molecular flexibility index (Phi) is 6.48. The van der Waals surface area contributed by atoms with Gasteiger partial charge in [0.25, 0.3) is 0 Å². The van der Waals surface area contributed by atoms with E-state index in [4.69, 9.17) is 16.3 Å². The summed E-state index contributed by atoms with van der Waals surface area (Å²) in [6, 6.07) is 13.6. The van der Waals surface area contributed by atoms with Crippen LogP contribution in [0.25, 0.3) is 11.2 Å². The average Bonchev–Trinajstić information content (AvgIpc) is 3.23. The van der Waals surface area contributed by atoms with Gasteiger partial charge in [-0.3, -0.25) is 0 Å². The molecule has 0 aliphatic rings. The molecule has 0 radical (unpaired) electrons. The zero-order valence-electron chi connectivity index (χ0n) is 17.1. The SMILES string of the molecule is COc1ccccc1CNCc1nc2nccc(/C(=N\O)Nc3ccc(F)c(Cl)c3)c2[nH]1. The number of oxime groups is 1. The molecule has 2 aromatic heterocycles. The summed E-state index contributed by atoms with van der Waals surface area (Å²) in [4.78, 5) is 12.0. The topological polar surface area (TPSA) is 107 Å². The lowest BCUT2D eigenvalue weighted by Crippen LogP contribution is -2.15. The highest BCUT2D eigenvalue weighted by Gasteiger charge is 2.15. The molecular weight excluding hydrogens is 435 g/mol. The molecule has 0 aliphatic carbocycles. The third kappa shape index (κ3) is 4.63. The number of aromatic nitrogens is 3. The molecule has 0 spiro atoms. The lowest BCUT2D eigenvalue weighted by Gasteiger charge is -2.09. The van der Waals surface area contributed by atoms with Gasteiger partial charge in [-0.2, -0.15) is 0 Å². The number of imidazole rings is 1. The number of pyridine rings is 1. The maximum atomic E-state index is 13.4. The van der Waals surface area contributed by atoms with Crippen LogP contribution < -0.4 is 15.4 Å². The largest absolute Gasteiger partial charge is 0.496 e. The van der Waals surface area contributed by atoms with Gasteiger partial charge in [0.15, 0.2) is 11.5 Å². The number of hydrogen-bond acceptors (Lipinski definition) is 6. The molecule has 8 nitrogen and oxygen atoms in total. The van der Waals surface area contributed by atoms with Crippen LogP contribution in [0.5, 0.6) is 5.75 Å². The van der Waals surface area contributed by atoms with E-state index in [0.29, 0.717) is 41.3 Å². The standard InChI is InChI=1S/C22H20ClFN6O2/c1-32-18-5-3-2-4-13(18)11-25-12-19-28-20-15(8-9-26-22(20)29-19)21(30-31)27-14-6-7-17(24)16(23)10-14/h2-10,25,31H,11-12H2,1H3,(H,27,30)(H,26,28,29). The Morgan fingerprint density at radius 3 is 2.84 bits per heavy atom. The van der Waals surface area contributed by atoms with Gasteiger partial charge in [0.05, 0.1) is 24.2 Å². The first-order valence-corrected chi connectivity index (χ1v) is 10.1. The van der Waals surface area contributed by atoms with Crippen molar-refractivity contribution in [1.29, 1.82) is 0 Å². The number of nitrogens with one attached hydrogen (secondary N) is 3. The van der Waals surface area contributed by atoms with Crippen LogP contribution in [0.15, 0.2) is 59.9 Å². The van der Waals surface area contributed by atoms with Gasteiger partial charge in [-0.1, -0.05) is 35.0 Å². The van der Waals surface area contributed by atoms with Crippen molar-refractivity contribution in [2.75, 3.05) is 12.4 Å². The summed E-state index contributed by atoms with van der Waals surface area (Å²) >= 11 is 5.84. The zero-order chi connectivity index (χ0) is 22.5. The van der Waals surface area contributed by atoms with Gasteiger partial charge in [-0.25, -0.2) is 14.4 Å². The second kappa shape index (κ2) is 9.63. The normalized spacial score (nSPS) is 11.7. The van der Waals surface area contributed by atoms with Crippen LogP contribution in [0.1, 0.15) is 17.0 Å². The van der Waals surface area contributed by atoms with E-state index < -0.39 is 5.82 Å². The molecule has 2 aromatic carbocycles. The number of aromatic amines is 1. The van der Waals surface area contributed by atoms with Gasteiger partial charge >= 0.3 is 0 Å². The second-order valence-electron chi connectivity index (χ2n) is 6.86. The van der Waals surface area contributed by atoms with Crippen LogP contribution in [-0.2, 0) is 13.1 Å². The molecule has 0 atom stereocenters. The second-order valence-corrected chi connectivity index (χ2v) is 7.27. The Hall–Kier alpha value is -3.69. The molecule has 4 N–H and O–H groups in total. The summed E-state index contributed by atoms with van der Waals surface area (Å²) in [6.45, 7) is 1.05. The van der Waals surface area contributed by atoms with Crippen molar-refractivity contribution in [3.63, 3.8) is 0 Å². The number of nitrogens with zero attached hydrogens (tertiary/aromatic N) is 3. The number of halogens is 2. The number of H-pyrrole nitrogens is 1. The smallest absolute Gasteiger partial charge is 0.179 e. The van der Waals surface area contributed by atoms with Gasteiger partial charge in [-0.15, -0.1) is 0 Å². The first-order valence-electron chi connectivity index (χ1n) is 9.69. The minimum Gasteiger partial charge on any atom is -0.496 e. The fraction of sp³-hybridized carbons (Fsp3) is 0.136. The quantitative estimate of drug-likeness (QED) is 0.143. The van der Waals surface area contributed by atoms with E-state index in [1.54, 1.807) is 19.4 Å². The maximum absolute atomic E-state index is 13.4. The number of methoxy groups -OCH3 is 1. The first-order chi connectivity index (χ1) is 15.6. The number of rotatable bonds is 7. The van der Waals surface area contributed by atoms with Gasteiger partial charge < -0.3 is 25.6 Å². The highest BCUT2D eigenvalue weighted by Crippen LogP contribution is 2.22. The van der Waals surface area contributed by atoms with Crippen molar-refractivity contribution < 1.29 is 14.3 Å². The summed E-state index contributed by atoms with van der Waals surface area (Å²) in [6.07, 6.45) is 1.56. The monoisotopic (exact) mass is 454 g/mol. The number of anilines is 1. The van der Waals surface area contributed by atoms with E-state index in [2.05, 4.69) is 30.7 Å². The Labute approximate surface area is 188 Å². The van der Waals surface area contributed by atoms with E-state index in [1.807, 2.05) is 24.3 Å². The predicted molar refractivity (Wildman–Crippen MR) is 121 cm³/mol. The molecule has 0 bridgehead atoms. The Bertz CT molecular complexity index is 1280. The lowest BCUT2D eigenvalue weighted by atomic mass is 10.2. The molecule has 2 heterocycles. The molecule has 0 amide bonds. The Balaban J connectivity index is 1.52.